The van der Waals surface area contributed by atoms with E-state index in [1.54, 1.807) is 4.90 Å². The van der Waals surface area contributed by atoms with Crippen molar-refractivity contribution in [3.8, 4) is 23.0 Å². The molecular formula is C28H27FN2O4. The lowest BCUT2D eigenvalue weighted by Gasteiger charge is -2.20. The van der Waals surface area contributed by atoms with Crippen LogP contribution < -0.4 is 9.47 Å². The Balaban J connectivity index is 1.28. The summed E-state index contributed by atoms with van der Waals surface area (Å²) < 4.78 is 30.1. The van der Waals surface area contributed by atoms with Crippen LogP contribution in [0.3, 0.4) is 0 Å². The zero-order valence-electron chi connectivity index (χ0n) is 19.7. The van der Waals surface area contributed by atoms with Crippen molar-refractivity contribution in [3.05, 3.63) is 102 Å². The van der Waals surface area contributed by atoms with Gasteiger partial charge in [0, 0.05) is 25.1 Å². The standard InChI is InChI=1S/C28H27FN2O4/c1-3-31(28(32)35-25-15-11-23(29)12-16-25)19-21-9-13-24(14-10-21)33-18-17-26-20(2)34-27(30-26)22-7-5-4-6-8-22/h4-16H,3,17-19H2,1-2H3. The fourth-order valence-electron chi connectivity index (χ4n) is 3.51. The first-order valence-electron chi connectivity index (χ1n) is 11.5. The van der Waals surface area contributed by atoms with E-state index in [1.807, 2.05) is 68.4 Å². The Morgan fingerprint density at radius 2 is 1.66 bits per heavy atom. The molecule has 4 rings (SSSR count). The normalized spacial score (nSPS) is 10.7. The second kappa shape index (κ2) is 11.3. The number of nitrogens with zero attached hydrogens (tertiary/aromatic N) is 2. The van der Waals surface area contributed by atoms with Gasteiger partial charge in [-0.3, -0.25) is 0 Å². The van der Waals surface area contributed by atoms with E-state index in [9.17, 15) is 9.18 Å². The maximum atomic E-state index is 13.0. The van der Waals surface area contributed by atoms with Gasteiger partial charge in [0.1, 0.15) is 23.1 Å². The molecule has 0 unspecified atom stereocenters. The monoisotopic (exact) mass is 474 g/mol. The topological polar surface area (TPSA) is 64.8 Å². The molecule has 0 saturated carbocycles. The first-order chi connectivity index (χ1) is 17.0. The quantitative estimate of drug-likeness (QED) is 0.280. The predicted octanol–water partition coefficient (Wildman–Crippen LogP) is 6.43. The van der Waals surface area contributed by atoms with Crippen LogP contribution in [0.1, 0.15) is 23.9 Å². The molecule has 0 radical (unpaired) electrons. The summed E-state index contributed by atoms with van der Waals surface area (Å²) in [5.41, 5.74) is 2.76. The number of aromatic nitrogens is 1. The first kappa shape index (κ1) is 24.0. The maximum Gasteiger partial charge on any atom is 0.415 e. The van der Waals surface area contributed by atoms with Crippen molar-refractivity contribution in [1.29, 1.82) is 0 Å². The molecule has 6 nitrogen and oxygen atoms in total. The maximum absolute atomic E-state index is 13.0. The molecule has 0 N–H and O–H groups in total. The SMILES string of the molecule is CCN(Cc1ccc(OCCc2nc(-c3ccccc3)oc2C)cc1)C(=O)Oc1ccc(F)cc1. The molecule has 180 valence electrons. The average molecular weight is 475 g/mol. The van der Waals surface area contributed by atoms with Crippen LogP contribution in [0.5, 0.6) is 11.5 Å². The van der Waals surface area contributed by atoms with Gasteiger partial charge in [-0.25, -0.2) is 14.2 Å². The fourth-order valence-corrected chi connectivity index (χ4v) is 3.51. The number of hydrogen-bond acceptors (Lipinski definition) is 5. The van der Waals surface area contributed by atoms with Crippen LogP contribution in [-0.4, -0.2) is 29.1 Å². The number of rotatable bonds is 9. The summed E-state index contributed by atoms with van der Waals surface area (Å²) >= 11 is 0. The summed E-state index contributed by atoms with van der Waals surface area (Å²) in [5, 5.41) is 0. The van der Waals surface area contributed by atoms with E-state index in [1.165, 1.54) is 24.3 Å². The van der Waals surface area contributed by atoms with Crippen LogP contribution in [0.25, 0.3) is 11.5 Å². The van der Waals surface area contributed by atoms with Crippen LogP contribution in [-0.2, 0) is 13.0 Å². The van der Waals surface area contributed by atoms with Gasteiger partial charge in [-0.15, -0.1) is 0 Å². The molecule has 0 aliphatic carbocycles. The Morgan fingerprint density at radius 3 is 2.34 bits per heavy atom. The van der Waals surface area contributed by atoms with Crippen molar-refractivity contribution < 1.29 is 23.1 Å². The predicted molar refractivity (Wildman–Crippen MR) is 131 cm³/mol. The van der Waals surface area contributed by atoms with E-state index >= 15 is 0 Å². The Morgan fingerprint density at radius 1 is 0.971 bits per heavy atom. The van der Waals surface area contributed by atoms with E-state index in [-0.39, 0.29) is 5.82 Å². The van der Waals surface area contributed by atoms with Crippen LogP contribution in [0, 0.1) is 12.7 Å². The van der Waals surface area contributed by atoms with Gasteiger partial charge in [0.25, 0.3) is 0 Å². The largest absolute Gasteiger partial charge is 0.493 e. The molecule has 0 saturated heterocycles. The van der Waals surface area contributed by atoms with Gasteiger partial charge in [-0.05, 0) is 67.9 Å². The third-order valence-electron chi connectivity index (χ3n) is 5.48. The first-order valence-corrected chi connectivity index (χ1v) is 11.5. The van der Waals surface area contributed by atoms with E-state index in [0.717, 1.165) is 28.3 Å². The minimum absolute atomic E-state index is 0.303. The fraction of sp³-hybridized carbons (Fsp3) is 0.214. The zero-order chi connectivity index (χ0) is 24.6. The van der Waals surface area contributed by atoms with Crippen LogP contribution in [0.2, 0.25) is 0 Å². The zero-order valence-corrected chi connectivity index (χ0v) is 19.7. The average Bonchev–Trinajstić information content (AvgIpc) is 3.25. The molecule has 0 fully saturated rings. The number of carbonyl (C=O) groups excluding carboxylic acids is 1. The highest BCUT2D eigenvalue weighted by Crippen LogP contribution is 2.22. The molecule has 35 heavy (non-hydrogen) atoms. The van der Waals surface area contributed by atoms with Crippen molar-refractivity contribution in [3.63, 3.8) is 0 Å². The smallest absolute Gasteiger partial charge is 0.415 e. The summed E-state index contributed by atoms with van der Waals surface area (Å²) in [5.74, 6) is 2.05. The van der Waals surface area contributed by atoms with E-state index in [0.29, 0.717) is 37.8 Å². The number of hydrogen-bond donors (Lipinski definition) is 0. The molecule has 1 amide bonds. The van der Waals surface area contributed by atoms with Crippen molar-refractivity contribution >= 4 is 6.09 Å². The number of aryl methyl sites for hydroxylation is 1. The lowest BCUT2D eigenvalue weighted by Crippen LogP contribution is -2.32. The van der Waals surface area contributed by atoms with Crippen molar-refractivity contribution in [2.45, 2.75) is 26.8 Å². The van der Waals surface area contributed by atoms with Crippen LogP contribution >= 0.6 is 0 Å². The summed E-state index contributed by atoms with van der Waals surface area (Å²) in [7, 11) is 0. The minimum Gasteiger partial charge on any atom is -0.493 e. The molecule has 0 spiro atoms. The van der Waals surface area contributed by atoms with Gasteiger partial charge in [0.05, 0.1) is 12.3 Å². The molecule has 7 heteroatoms. The third-order valence-corrected chi connectivity index (χ3v) is 5.48. The molecule has 4 aromatic rings. The number of benzene rings is 3. The van der Waals surface area contributed by atoms with Crippen molar-refractivity contribution in [2.75, 3.05) is 13.2 Å². The number of ether oxygens (including phenoxy) is 2. The number of oxazole rings is 1. The molecule has 0 aliphatic rings. The second-order valence-corrected chi connectivity index (χ2v) is 7.97. The minimum atomic E-state index is -0.489. The van der Waals surface area contributed by atoms with Gasteiger partial charge >= 0.3 is 6.09 Å². The van der Waals surface area contributed by atoms with Gasteiger partial charge < -0.3 is 18.8 Å². The highest BCUT2D eigenvalue weighted by atomic mass is 19.1. The van der Waals surface area contributed by atoms with Crippen molar-refractivity contribution in [2.24, 2.45) is 0 Å². The summed E-state index contributed by atoms with van der Waals surface area (Å²) in [6, 6.07) is 22.7. The lowest BCUT2D eigenvalue weighted by molar-refractivity contribution is 0.152. The van der Waals surface area contributed by atoms with Crippen LogP contribution in [0.15, 0.2) is 83.3 Å². The number of halogens is 1. The molecular weight excluding hydrogens is 447 g/mol. The Kier molecular flexibility index (Phi) is 7.77. The molecule has 1 heterocycles. The Bertz CT molecular complexity index is 1240. The van der Waals surface area contributed by atoms with Crippen LogP contribution in [0.4, 0.5) is 9.18 Å². The molecule has 3 aromatic carbocycles. The number of amides is 1. The van der Waals surface area contributed by atoms with Crippen molar-refractivity contribution in [1.82, 2.24) is 9.88 Å². The van der Waals surface area contributed by atoms with Gasteiger partial charge in [-0.1, -0.05) is 30.3 Å². The second-order valence-electron chi connectivity index (χ2n) is 7.97. The summed E-state index contributed by atoms with van der Waals surface area (Å²) in [6.07, 6.45) is 0.139. The summed E-state index contributed by atoms with van der Waals surface area (Å²) in [6.45, 7) is 5.10. The molecule has 1 aromatic heterocycles. The van der Waals surface area contributed by atoms with E-state index in [4.69, 9.17) is 13.9 Å². The van der Waals surface area contributed by atoms with E-state index < -0.39 is 6.09 Å². The highest BCUT2D eigenvalue weighted by molar-refractivity contribution is 5.70. The molecule has 0 atom stereocenters. The van der Waals surface area contributed by atoms with E-state index in [2.05, 4.69) is 4.98 Å². The van der Waals surface area contributed by atoms with Gasteiger partial charge in [0.15, 0.2) is 0 Å². The third kappa shape index (κ3) is 6.47. The van der Waals surface area contributed by atoms with Gasteiger partial charge in [-0.2, -0.15) is 0 Å². The van der Waals surface area contributed by atoms with Gasteiger partial charge in [0.2, 0.25) is 5.89 Å². The number of carbonyl (C=O) groups is 1. The molecule has 0 bridgehead atoms. The Labute approximate surface area is 203 Å². The Hall–Kier alpha value is -4.13. The highest BCUT2D eigenvalue weighted by Gasteiger charge is 2.15. The summed E-state index contributed by atoms with van der Waals surface area (Å²) in [4.78, 5) is 18.6. The molecule has 0 aliphatic heterocycles. The lowest BCUT2D eigenvalue weighted by atomic mass is 10.2.